The summed E-state index contributed by atoms with van der Waals surface area (Å²) in [7, 11) is 0. The quantitative estimate of drug-likeness (QED) is 0.338. The monoisotopic (exact) mass is 506 g/mol. The number of rotatable bonds is 8. The molecule has 0 unspecified atom stereocenters. The second kappa shape index (κ2) is 9.61. The molecule has 0 atom stereocenters. The van der Waals surface area contributed by atoms with Crippen molar-refractivity contribution in [2.24, 2.45) is 0 Å². The van der Waals surface area contributed by atoms with Crippen LogP contribution in [-0.4, -0.2) is 23.9 Å². The van der Waals surface area contributed by atoms with Crippen LogP contribution in [0.5, 0.6) is 11.5 Å². The molecule has 0 aliphatic carbocycles. The van der Waals surface area contributed by atoms with Gasteiger partial charge in [0.05, 0.1) is 22.2 Å². The smallest absolute Gasteiger partial charge is 0.134 e. The van der Waals surface area contributed by atoms with E-state index in [0.29, 0.717) is 13.2 Å². The Bertz CT molecular complexity index is 336. The highest BCUT2D eigenvalue weighted by molar-refractivity contribution is 9.11. The first-order valence-electron chi connectivity index (χ1n) is 5.55. The van der Waals surface area contributed by atoms with Gasteiger partial charge in [-0.05, 0) is 56.8 Å². The molecular formula is C12H14Br4O2. The molecule has 0 bridgehead atoms. The standard InChI is InChI=1S/C12H14Br4O2/c13-3-1-5-17-11-7-10(16)12(8-9(11)15)18-6-2-4-14/h7-8H,1-6H2. The minimum Gasteiger partial charge on any atom is -0.492 e. The largest absolute Gasteiger partial charge is 0.492 e. The molecule has 0 aliphatic heterocycles. The van der Waals surface area contributed by atoms with Gasteiger partial charge in [-0.1, -0.05) is 31.9 Å². The van der Waals surface area contributed by atoms with Gasteiger partial charge < -0.3 is 9.47 Å². The van der Waals surface area contributed by atoms with E-state index in [1.165, 1.54) is 0 Å². The molecule has 0 radical (unpaired) electrons. The Morgan fingerprint density at radius 2 is 1.17 bits per heavy atom. The van der Waals surface area contributed by atoms with Crippen molar-refractivity contribution in [2.75, 3.05) is 23.9 Å². The maximum Gasteiger partial charge on any atom is 0.134 e. The molecule has 1 aromatic carbocycles. The van der Waals surface area contributed by atoms with Crippen LogP contribution in [0, 0.1) is 0 Å². The van der Waals surface area contributed by atoms with Gasteiger partial charge in [-0.15, -0.1) is 0 Å². The molecule has 0 spiro atoms. The van der Waals surface area contributed by atoms with E-state index in [1.54, 1.807) is 0 Å². The van der Waals surface area contributed by atoms with E-state index in [4.69, 9.17) is 9.47 Å². The molecule has 0 aromatic heterocycles. The molecule has 1 rings (SSSR count). The van der Waals surface area contributed by atoms with Gasteiger partial charge in [-0.3, -0.25) is 0 Å². The lowest BCUT2D eigenvalue weighted by Gasteiger charge is -2.12. The normalized spacial score (nSPS) is 10.4. The molecule has 1 aromatic rings. The molecule has 0 saturated heterocycles. The van der Waals surface area contributed by atoms with Crippen molar-refractivity contribution in [3.8, 4) is 11.5 Å². The van der Waals surface area contributed by atoms with Crippen molar-refractivity contribution in [1.82, 2.24) is 0 Å². The molecular weight excluding hydrogens is 496 g/mol. The number of ether oxygens (including phenoxy) is 2. The van der Waals surface area contributed by atoms with Crippen molar-refractivity contribution in [3.63, 3.8) is 0 Å². The molecule has 102 valence electrons. The molecule has 18 heavy (non-hydrogen) atoms. The summed E-state index contributed by atoms with van der Waals surface area (Å²) < 4.78 is 13.2. The van der Waals surface area contributed by atoms with Gasteiger partial charge in [0.15, 0.2) is 0 Å². The zero-order valence-corrected chi connectivity index (χ0v) is 16.1. The lowest BCUT2D eigenvalue weighted by atomic mass is 10.3. The maximum atomic E-state index is 5.67. The number of hydrogen-bond acceptors (Lipinski definition) is 2. The third kappa shape index (κ3) is 5.80. The second-order valence-corrected chi connectivity index (χ2v) is 6.79. The minimum atomic E-state index is 0.695. The molecule has 0 heterocycles. The lowest BCUT2D eigenvalue weighted by molar-refractivity contribution is 0.307. The van der Waals surface area contributed by atoms with Gasteiger partial charge in [-0.25, -0.2) is 0 Å². The molecule has 0 amide bonds. The van der Waals surface area contributed by atoms with E-state index in [9.17, 15) is 0 Å². The molecule has 0 fully saturated rings. The van der Waals surface area contributed by atoms with E-state index in [0.717, 1.165) is 43.9 Å². The van der Waals surface area contributed by atoms with Crippen LogP contribution >= 0.6 is 63.7 Å². The summed E-state index contributed by atoms with van der Waals surface area (Å²) in [5, 5.41) is 1.89. The Kier molecular flexibility index (Phi) is 8.97. The van der Waals surface area contributed by atoms with Crippen LogP contribution in [0.4, 0.5) is 0 Å². The summed E-state index contributed by atoms with van der Waals surface area (Å²) in [5.74, 6) is 1.66. The highest BCUT2D eigenvalue weighted by Crippen LogP contribution is 2.36. The van der Waals surface area contributed by atoms with Crippen LogP contribution in [0.25, 0.3) is 0 Å². The fourth-order valence-electron chi connectivity index (χ4n) is 1.20. The van der Waals surface area contributed by atoms with Crippen LogP contribution in [0.3, 0.4) is 0 Å². The maximum absolute atomic E-state index is 5.67. The fraction of sp³-hybridized carbons (Fsp3) is 0.500. The van der Waals surface area contributed by atoms with Crippen LogP contribution < -0.4 is 9.47 Å². The number of halogens is 4. The Hall–Kier alpha value is 0.740. The minimum absolute atomic E-state index is 0.695. The lowest BCUT2D eigenvalue weighted by Crippen LogP contribution is -2.01. The molecule has 0 saturated carbocycles. The van der Waals surface area contributed by atoms with E-state index in [2.05, 4.69) is 63.7 Å². The third-order valence-electron chi connectivity index (χ3n) is 2.06. The Labute approximate surface area is 141 Å². The van der Waals surface area contributed by atoms with E-state index >= 15 is 0 Å². The van der Waals surface area contributed by atoms with Gasteiger partial charge in [0.1, 0.15) is 11.5 Å². The predicted molar refractivity (Wildman–Crippen MR) is 89.7 cm³/mol. The summed E-state index contributed by atoms with van der Waals surface area (Å²) in [6.07, 6.45) is 1.96. The summed E-state index contributed by atoms with van der Waals surface area (Å²) in [6.45, 7) is 1.39. The van der Waals surface area contributed by atoms with Crippen molar-refractivity contribution in [2.45, 2.75) is 12.8 Å². The number of benzene rings is 1. The van der Waals surface area contributed by atoms with Crippen LogP contribution in [0.2, 0.25) is 0 Å². The highest BCUT2D eigenvalue weighted by atomic mass is 79.9. The summed E-state index contributed by atoms with van der Waals surface area (Å²) in [6, 6.07) is 3.86. The third-order valence-corrected chi connectivity index (χ3v) is 4.42. The van der Waals surface area contributed by atoms with Crippen molar-refractivity contribution in [1.29, 1.82) is 0 Å². The summed E-state index contributed by atoms with van der Waals surface area (Å²) >= 11 is 13.7. The zero-order chi connectivity index (χ0) is 13.4. The molecule has 0 aliphatic rings. The molecule has 2 nitrogen and oxygen atoms in total. The first-order valence-corrected chi connectivity index (χ1v) is 9.38. The molecule has 6 heteroatoms. The Balaban J connectivity index is 2.64. The number of hydrogen-bond donors (Lipinski definition) is 0. The SMILES string of the molecule is BrCCCOc1cc(Br)c(OCCCBr)cc1Br. The Morgan fingerprint density at radius 3 is 1.50 bits per heavy atom. The average Bonchev–Trinajstić information content (AvgIpc) is 2.35. The highest BCUT2D eigenvalue weighted by Gasteiger charge is 2.08. The summed E-state index contributed by atoms with van der Waals surface area (Å²) in [5.41, 5.74) is 0. The van der Waals surface area contributed by atoms with Crippen molar-refractivity contribution >= 4 is 63.7 Å². The van der Waals surface area contributed by atoms with E-state index < -0.39 is 0 Å². The second-order valence-electron chi connectivity index (χ2n) is 3.50. The topological polar surface area (TPSA) is 18.5 Å². The average molecular weight is 510 g/mol. The van der Waals surface area contributed by atoms with Crippen molar-refractivity contribution in [3.05, 3.63) is 21.1 Å². The van der Waals surface area contributed by atoms with Gasteiger partial charge in [-0.2, -0.15) is 0 Å². The van der Waals surface area contributed by atoms with Crippen molar-refractivity contribution < 1.29 is 9.47 Å². The summed E-state index contributed by atoms with van der Waals surface area (Å²) in [4.78, 5) is 0. The molecule has 0 N–H and O–H groups in total. The van der Waals surface area contributed by atoms with Crippen LogP contribution in [-0.2, 0) is 0 Å². The Morgan fingerprint density at radius 1 is 0.778 bits per heavy atom. The first-order chi connectivity index (χ1) is 8.69. The van der Waals surface area contributed by atoms with Gasteiger partial charge in [0, 0.05) is 10.7 Å². The van der Waals surface area contributed by atoms with Crippen LogP contribution in [0.1, 0.15) is 12.8 Å². The van der Waals surface area contributed by atoms with Gasteiger partial charge in [0.2, 0.25) is 0 Å². The predicted octanol–water partition coefficient (Wildman–Crippen LogP) is 5.54. The first kappa shape index (κ1) is 16.8. The fourth-order valence-corrected chi connectivity index (χ4v) is 2.54. The zero-order valence-electron chi connectivity index (χ0n) is 9.73. The van der Waals surface area contributed by atoms with Crippen LogP contribution in [0.15, 0.2) is 21.1 Å². The number of alkyl halides is 2. The van der Waals surface area contributed by atoms with Gasteiger partial charge >= 0.3 is 0 Å². The van der Waals surface area contributed by atoms with E-state index in [-0.39, 0.29) is 0 Å². The van der Waals surface area contributed by atoms with Gasteiger partial charge in [0.25, 0.3) is 0 Å². The van der Waals surface area contributed by atoms with E-state index in [1.807, 2.05) is 12.1 Å².